The molecule has 1 spiro atoms. The van der Waals surface area contributed by atoms with Crippen molar-refractivity contribution in [1.29, 1.82) is 0 Å². The number of carboxylic acid groups (broad SMARTS) is 1. The monoisotopic (exact) mass is 531 g/mol. The molecule has 3 aromatic carbocycles. The van der Waals surface area contributed by atoms with Gasteiger partial charge in [-0.25, -0.2) is 0 Å². The minimum atomic E-state index is -0.808. The van der Waals surface area contributed by atoms with Gasteiger partial charge >= 0.3 is 5.97 Å². The zero-order valence-electron chi connectivity index (χ0n) is 23.0. The zero-order chi connectivity index (χ0) is 27.5. The fourth-order valence-corrected chi connectivity index (χ4v) is 7.64. The average Bonchev–Trinajstić information content (AvgIpc) is 3.31. The lowest BCUT2D eigenvalue weighted by molar-refractivity contribution is -0.138. The first-order valence-electron chi connectivity index (χ1n) is 13.8. The molecule has 7 nitrogen and oxygen atoms in total. The highest BCUT2D eigenvalue weighted by Gasteiger charge is 2.65. The van der Waals surface area contributed by atoms with Crippen molar-refractivity contribution < 1.29 is 29.2 Å². The topological polar surface area (TPSA) is 88.5 Å². The lowest BCUT2D eigenvalue weighted by Gasteiger charge is -2.58. The molecule has 3 aromatic rings. The molecular formula is C32H37NO6. The lowest BCUT2D eigenvalue weighted by atomic mass is 9.51. The highest BCUT2D eigenvalue weighted by atomic mass is 16.5. The first kappa shape index (κ1) is 26.0. The van der Waals surface area contributed by atoms with Gasteiger partial charge in [-0.3, -0.25) is 4.79 Å². The van der Waals surface area contributed by atoms with Crippen molar-refractivity contribution in [2.24, 2.45) is 5.92 Å². The number of piperidine rings is 1. The number of hydrogen-bond acceptors (Lipinski definition) is 6. The van der Waals surface area contributed by atoms with Crippen molar-refractivity contribution in [3.8, 4) is 17.2 Å². The van der Waals surface area contributed by atoms with Crippen LogP contribution in [-0.4, -0.2) is 67.1 Å². The number of carboxylic acids is 1. The van der Waals surface area contributed by atoms with Crippen molar-refractivity contribution in [1.82, 2.24) is 4.90 Å². The molecule has 2 fully saturated rings. The van der Waals surface area contributed by atoms with Gasteiger partial charge in [-0.05, 0) is 92.2 Å². The fourth-order valence-electron chi connectivity index (χ4n) is 7.64. The van der Waals surface area contributed by atoms with E-state index in [1.54, 1.807) is 21.1 Å². The average molecular weight is 532 g/mol. The third-order valence-corrected chi connectivity index (χ3v) is 9.71. The number of carbonyl (C=O) groups is 1. The summed E-state index contributed by atoms with van der Waals surface area (Å²) in [5, 5.41) is 21.7. The first-order valence-corrected chi connectivity index (χ1v) is 13.8. The zero-order valence-corrected chi connectivity index (χ0v) is 23.0. The molecule has 2 aliphatic carbocycles. The highest BCUT2D eigenvalue weighted by Crippen LogP contribution is 2.63. The van der Waals surface area contributed by atoms with Crippen LogP contribution in [0.2, 0.25) is 0 Å². The molecule has 39 heavy (non-hydrogen) atoms. The van der Waals surface area contributed by atoms with Gasteiger partial charge in [0.05, 0.1) is 26.2 Å². The Hall–Kier alpha value is -3.29. The summed E-state index contributed by atoms with van der Waals surface area (Å²) in [4.78, 5) is 13.4. The maximum absolute atomic E-state index is 10.9. The number of likely N-dealkylation sites (N-methyl/N-ethyl adjacent to an activating group) is 1. The van der Waals surface area contributed by atoms with Crippen LogP contribution in [0, 0.1) is 5.92 Å². The second-order valence-corrected chi connectivity index (χ2v) is 11.5. The molecule has 4 aliphatic rings. The summed E-state index contributed by atoms with van der Waals surface area (Å²) in [6.45, 7) is 2.77. The quantitative estimate of drug-likeness (QED) is 0.502. The van der Waals surface area contributed by atoms with Crippen LogP contribution < -0.4 is 14.2 Å². The number of aliphatic carboxylic acids is 1. The minimum Gasteiger partial charge on any atom is -0.497 e. The Labute approximate surface area is 229 Å². The largest absolute Gasteiger partial charge is 0.497 e. The SMILES string of the molecule is COc1ccc2c3c1OC1[C@@H](O)CCC4C(C2)N(C)CC[C@@]341.COc1ccc2cc(C(C)C(=O)O)ccc2c1. The molecule has 7 heteroatoms. The van der Waals surface area contributed by atoms with Crippen molar-refractivity contribution in [3.05, 3.63) is 65.2 Å². The van der Waals surface area contributed by atoms with Gasteiger partial charge in [-0.1, -0.05) is 30.3 Å². The standard InChI is InChI=1S/C18H23NO3.C14H14O3/c1-19-8-7-18-11-4-5-13(20)17(18)22-16-14(21-2)6-3-10(15(16)18)9-12(11)19;1-9(14(15)16)10-3-4-12-8-13(17-2)6-5-11(12)7-10/h3,6,11-13,17,20H,4-5,7-9H2,1-2H3;3-9H,1-2H3,(H,15,16)/t11?,12?,13-,17?,18-;/m0./s1. The van der Waals surface area contributed by atoms with Crippen molar-refractivity contribution >= 4 is 16.7 Å². The molecular weight excluding hydrogens is 494 g/mol. The molecule has 1 saturated carbocycles. The van der Waals surface area contributed by atoms with Gasteiger partial charge in [-0.2, -0.15) is 0 Å². The van der Waals surface area contributed by atoms with Crippen molar-refractivity contribution in [3.63, 3.8) is 0 Å². The number of aliphatic hydroxyl groups is 1. The van der Waals surface area contributed by atoms with Crippen LogP contribution in [-0.2, 0) is 16.6 Å². The molecule has 0 aromatic heterocycles. The molecule has 0 amide bonds. The van der Waals surface area contributed by atoms with Gasteiger partial charge in [0.15, 0.2) is 11.5 Å². The number of aliphatic hydroxyl groups excluding tert-OH is 1. The third kappa shape index (κ3) is 3.97. The molecule has 2 N–H and O–H groups in total. The normalized spacial score (nSPS) is 28.9. The molecule has 2 heterocycles. The maximum Gasteiger partial charge on any atom is 0.310 e. The lowest BCUT2D eigenvalue weighted by Crippen LogP contribution is -2.66. The van der Waals surface area contributed by atoms with Crippen LogP contribution in [0.4, 0.5) is 0 Å². The Kier molecular flexibility index (Phi) is 6.47. The number of hydrogen-bond donors (Lipinski definition) is 2. The van der Waals surface area contributed by atoms with Crippen molar-refractivity contribution in [2.75, 3.05) is 27.8 Å². The Morgan fingerprint density at radius 3 is 2.59 bits per heavy atom. The van der Waals surface area contributed by atoms with Gasteiger partial charge < -0.3 is 29.3 Å². The second kappa shape index (κ2) is 9.72. The van der Waals surface area contributed by atoms with E-state index in [4.69, 9.17) is 19.3 Å². The van der Waals surface area contributed by atoms with Gasteiger partial charge in [-0.15, -0.1) is 0 Å². The van der Waals surface area contributed by atoms with Crippen LogP contribution in [0.5, 0.6) is 17.2 Å². The van der Waals surface area contributed by atoms with Crippen LogP contribution in [0.3, 0.4) is 0 Å². The van der Waals surface area contributed by atoms with E-state index < -0.39 is 11.9 Å². The molecule has 6 atom stereocenters. The number of ether oxygens (including phenoxy) is 3. The van der Waals surface area contributed by atoms with E-state index in [1.165, 1.54) is 11.1 Å². The number of benzene rings is 3. The highest BCUT2D eigenvalue weighted by molar-refractivity contribution is 5.86. The summed E-state index contributed by atoms with van der Waals surface area (Å²) in [6.07, 6.45) is 3.69. The smallest absolute Gasteiger partial charge is 0.310 e. The molecule has 2 bridgehead atoms. The Morgan fingerprint density at radius 2 is 1.85 bits per heavy atom. The van der Waals surface area contributed by atoms with Crippen LogP contribution in [0.15, 0.2) is 48.5 Å². The van der Waals surface area contributed by atoms with Crippen molar-refractivity contribution in [2.45, 2.75) is 62.2 Å². The summed E-state index contributed by atoms with van der Waals surface area (Å²) in [6, 6.07) is 16.3. The van der Waals surface area contributed by atoms with E-state index in [-0.39, 0.29) is 17.6 Å². The molecule has 4 unspecified atom stereocenters. The van der Waals surface area contributed by atoms with E-state index in [0.717, 1.165) is 65.8 Å². The second-order valence-electron chi connectivity index (χ2n) is 11.5. The summed E-state index contributed by atoms with van der Waals surface area (Å²) < 4.78 is 17.0. The van der Waals surface area contributed by atoms with E-state index in [2.05, 4.69) is 18.0 Å². The number of fused-ring (bicyclic) bond motifs is 1. The molecule has 206 valence electrons. The third-order valence-electron chi connectivity index (χ3n) is 9.71. The molecule has 0 radical (unpaired) electrons. The van der Waals surface area contributed by atoms with E-state index >= 15 is 0 Å². The van der Waals surface area contributed by atoms with E-state index in [0.29, 0.717) is 12.0 Å². The van der Waals surface area contributed by atoms with Crippen LogP contribution >= 0.6 is 0 Å². The number of rotatable bonds is 4. The number of nitrogens with zero attached hydrogens (tertiary/aromatic N) is 1. The fraction of sp³-hybridized carbons (Fsp3) is 0.469. The first-order chi connectivity index (χ1) is 18.8. The summed E-state index contributed by atoms with van der Waals surface area (Å²) in [5.74, 6) is 1.85. The Balaban J connectivity index is 0.000000148. The maximum atomic E-state index is 10.9. The van der Waals surface area contributed by atoms with Gasteiger partial charge in [0.25, 0.3) is 0 Å². The van der Waals surface area contributed by atoms with E-state index in [9.17, 15) is 9.90 Å². The summed E-state index contributed by atoms with van der Waals surface area (Å²) >= 11 is 0. The minimum absolute atomic E-state index is 0.00625. The van der Waals surface area contributed by atoms with E-state index in [1.807, 2.05) is 42.5 Å². The molecule has 7 rings (SSSR count). The predicted molar refractivity (Wildman–Crippen MR) is 149 cm³/mol. The predicted octanol–water partition coefficient (Wildman–Crippen LogP) is 4.76. The Morgan fingerprint density at radius 1 is 1.08 bits per heavy atom. The molecule has 1 saturated heterocycles. The van der Waals surface area contributed by atoms with Crippen LogP contribution in [0.25, 0.3) is 10.8 Å². The van der Waals surface area contributed by atoms with Gasteiger partial charge in [0, 0.05) is 17.0 Å². The number of likely N-dealkylation sites (tertiary alicyclic amines) is 1. The number of methoxy groups -OCH3 is 2. The van der Waals surface area contributed by atoms with Crippen LogP contribution in [0.1, 0.15) is 48.8 Å². The van der Waals surface area contributed by atoms with Gasteiger partial charge in [0.1, 0.15) is 11.9 Å². The van der Waals surface area contributed by atoms with Gasteiger partial charge in [0.2, 0.25) is 0 Å². The molecule has 2 aliphatic heterocycles. The Bertz CT molecular complexity index is 1420. The summed E-state index contributed by atoms with van der Waals surface area (Å²) in [7, 11) is 5.58. The summed E-state index contributed by atoms with van der Waals surface area (Å²) in [5.41, 5.74) is 3.59.